The molecule has 1 heterocycles. The van der Waals surface area contributed by atoms with Crippen molar-refractivity contribution in [3.05, 3.63) is 52.8 Å². The monoisotopic (exact) mass is 429 g/mol. The molecule has 158 valence electrons. The standard InChI is InChI=1S/C21H23N3O5S/c1-12-9-14(29-3)10-13(2)18(12)30(27,28)11-22-21(7-8-21)20-23-16-6-4-5-15(19(25)26)17(16)24-20/h4-6,9-10,22H,7-8,11H2,1-3H3,(H,23,24)(H,25,26). The summed E-state index contributed by atoms with van der Waals surface area (Å²) in [6.45, 7) is 3.50. The topological polar surface area (TPSA) is 121 Å². The van der Waals surface area contributed by atoms with Gasteiger partial charge in [0, 0.05) is 0 Å². The molecule has 1 aliphatic rings. The number of ether oxygens (including phenoxy) is 1. The number of hydrogen-bond acceptors (Lipinski definition) is 6. The lowest BCUT2D eigenvalue weighted by molar-refractivity contribution is 0.0699. The molecule has 0 bridgehead atoms. The first-order chi connectivity index (χ1) is 14.2. The number of aromatic amines is 1. The summed E-state index contributed by atoms with van der Waals surface area (Å²) in [4.78, 5) is 19.4. The van der Waals surface area contributed by atoms with Crippen LogP contribution < -0.4 is 10.1 Å². The van der Waals surface area contributed by atoms with Gasteiger partial charge in [0.05, 0.1) is 34.1 Å². The number of aryl methyl sites for hydroxylation is 2. The molecule has 0 amide bonds. The Kier molecular flexibility index (Phi) is 4.82. The summed E-state index contributed by atoms with van der Waals surface area (Å²) < 4.78 is 31.4. The lowest BCUT2D eigenvalue weighted by Crippen LogP contribution is -2.35. The first kappa shape index (κ1) is 20.4. The number of fused-ring (bicyclic) bond motifs is 1. The molecular weight excluding hydrogens is 406 g/mol. The number of nitrogens with one attached hydrogen (secondary N) is 2. The summed E-state index contributed by atoms with van der Waals surface area (Å²) in [6, 6.07) is 8.31. The van der Waals surface area contributed by atoms with Crippen molar-refractivity contribution in [1.29, 1.82) is 0 Å². The first-order valence-electron chi connectivity index (χ1n) is 9.52. The van der Waals surface area contributed by atoms with E-state index < -0.39 is 21.3 Å². The maximum absolute atomic E-state index is 13.1. The van der Waals surface area contributed by atoms with Gasteiger partial charge in [-0.2, -0.15) is 0 Å². The van der Waals surface area contributed by atoms with Crippen LogP contribution in [0.3, 0.4) is 0 Å². The van der Waals surface area contributed by atoms with Crippen molar-refractivity contribution in [3.63, 3.8) is 0 Å². The quantitative estimate of drug-likeness (QED) is 0.528. The Morgan fingerprint density at radius 1 is 1.27 bits per heavy atom. The van der Waals surface area contributed by atoms with Gasteiger partial charge in [-0.15, -0.1) is 0 Å². The van der Waals surface area contributed by atoms with E-state index >= 15 is 0 Å². The fourth-order valence-corrected chi connectivity index (χ4v) is 5.59. The Hall–Kier alpha value is -2.91. The van der Waals surface area contributed by atoms with Crippen LogP contribution in [0.15, 0.2) is 35.2 Å². The predicted octanol–water partition coefficient (Wildman–Crippen LogP) is 2.90. The maximum Gasteiger partial charge on any atom is 0.337 e. The van der Waals surface area contributed by atoms with Crippen molar-refractivity contribution in [2.75, 3.05) is 13.0 Å². The minimum Gasteiger partial charge on any atom is -0.497 e. The summed E-state index contributed by atoms with van der Waals surface area (Å²) in [5.41, 5.74) is 1.79. The molecule has 1 aliphatic carbocycles. The molecule has 1 fully saturated rings. The van der Waals surface area contributed by atoms with Crippen LogP contribution in [0.2, 0.25) is 0 Å². The number of benzene rings is 2. The minimum absolute atomic E-state index is 0.138. The summed E-state index contributed by atoms with van der Waals surface area (Å²) in [6.07, 6.45) is 1.43. The lowest BCUT2D eigenvalue weighted by atomic mass is 10.1. The maximum atomic E-state index is 13.1. The van der Waals surface area contributed by atoms with E-state index in [0.717, 1.165) is 0 Å². The highest BCUT2D eigenvalue weighted by Crippen LogP contribution is 2.45. The molecule has 0 unspecified atom stereocenters. The Morgan fingerprint density at radius 3 is 2.50 bits per heavy atom. The Morgan fingerprint density at radius 2 is 1.93 bits per heavy atom. The largest absolute Gasteiger partial charge is 0.497 e. The van der Waals surface area contributed by atoms with Gasteiger partial charge in [0.15, 0.2) is 9.84 Å². The lowest BCUT2D eigenvalue weighted by Gasteiger charge is -2.17. The fraction of sp³-hybridized carbons (Fsp3) is 0.333. The van der Waals surface area contributed by atoms with E-state index in [1.54, 1.807) is 45.2 Å². The molecule has 2 aromatic carbocycles. The van der Waals surface area contributed by atoms with Gasteiger partial charge in [0.1, 0.15) is 17.5 Å². The molecule has 0 atom stereocenters. The number of sulfone groups is 1. The van der Waals surface area contributed by atoms with E-state index in [-0.39, 0.29) is 11.4 Å². The van der Waals surface area contributed by atoms with Crippen molar-refractivity contribution in [2.45, 2.75) is 37.1 Å². The number of hydrogen-bond donors (Lipinski definition) is 3. The number of imidazole rings is 1. The second-order valence-electron chi connectivity index (χ2n) is 7.70. The molecular formula is C21H23N3O5S. The number of H-pyrrole nitrogens is 1. The van der Waals surface area contributed by atoms with Gasteiger partial charge in [-0.05, 0) is 62.1 Å². The van der Waals surface area contributed by atoms with Crippen molar-refractivity contribution in [2.24, 2.45) is 0 Å². The number of carboxylic acid groups (broad SMARTS) is 1. The SMILES string of the molecule is COc1cc(C)c(S(=O)(=O)CNC2(c3nc4cccc(C(=O)O)c4[nH]3)CC2)c(C)c1. The second kappa shape index (κ2) is 7.10. The number of rotatable bonds is 7. The molecule has 0 spiro atoms. The number of para-hydroxylation sites is 1. The van der Waals surface area contributed by atoms with Crippen molar-refractivity contribution in [1.82, 2.24) is 15.3 Å². The Labute approximate surface area is 174 Å². The van der Waals surface area contributed by atoms with Crippen LogP contribution in [0.4, 0.5) is 0 Å². The zero-order chi connectivity index (χ0) is 21.7. The zero-order valence-electron chi connectivity index (χ0n) is 16.9. The number of nitrogens with zero attached hydrogens (tertiary/aromatic N) is 1. The first-order valence-corrected chi connectivity index (χ1v) is 11.2. The molecule has 9 heteroatoms. The summed E-state index contributed by atoms with van der Waals surface area (Å²) in [5.74, 6) is -0.109. The number of carbonyl (C=O) groups is 1. The van der Waals surface area contributed by atoms with Gasteiger partial charge in [-0.25, -0.2) is 18.2 Å². The van der Waals surface area contributed by atoms with E-state index in [1.165, 1.54) is 6.07 Å². The number of aromatic carboxylic acids is 1. The number of aromatic nitrogens is 2. The van der Waals surface area contributed by atoms with Crippen LogP contribution in [-0.2, 0) is 15.4 Å². The highest BCUT2D eigenvalue weighted by Gasteiger charge is 2.47. The predicted molar refractivity (Wildman–Crippen MR) is 112 cm³/mol. The minimum atomic E-state index is -3.60. The molecule has 3 aromatic rings. The molecule has 4 rings (SSSR count). The van der Waals surface area contributed by atoms with Crippen LogP contribution in [0, 0.1) is 13.8 Å². The molecule has 1 aromatic heterocycles. The van der Waals surface area contributed by atoms with Crippen LogP contribution in [0.1, 0.15) is 40.2 Å². The smallest absolute Gasteiger partial charge is 0.337 e. The average Bonchev–Trinajstić information content (AvgIpc) is 3.35. The molecule has 0 saturated heterocycles. The molecule has 3 N–H and O–H groups in total. The van der Waals surface area contributed by atoms with Crippen LogP contribution >= 0.6 is 0 Å². The second-order valence-corrected chi connectivity index (χ2v) is 9.62. The molecule has 0 aliphatic heterocycles. The van der Waals surface area contributed by atoms with Gasteiger partial charge in [-0.1, -0.05) is 6.07 Å². The van der Waals surface area contributed by atoms with Gasteiger partial charge in [0.2, 0.25) is 0 Å². The van der Waals surface area contributed by atoms with Crippen LogP contribution in [0.25, 0.3) is 11.0 Å². The third-order valence-corrected chi connectivity index (χ3v) is 7.32. The van der Waals surface area contributed by atoms with Crippen molar-refractivity contribution < 1.29 is 23.1 Å². The number of carboxylic acids is 1. The van der Waals surface area contributed by atoms with Crippen molar-refractivity contribution in [3.8, 4) is 5.75 Å². The van der Waals surface area contributed by atoms with Gasteiger partial charge in [-0.3, -0.25) is 5.32 Å². The van der Waals surface area contributed by atoms with Crippen LogP contribution in [0.5, 0.6) is 5.75 Å². The average molecular weight is 429 g/mol. The van der Waals surface area contributed by atoms with E-state index in [1.807, 2.05) is 0 Å². The van der Waals surface area contributed by atoms with E-state index in [2.05, 4.69) is 15.3 Å². The van der Waals surface area contributed by atoms with E-state index in [4.69, 9.17) is 4.74 Å². The van der Waals surface area contributed by atoms with E-state index in [9.17, 15) is 18.3 Å². The fourth-order valence-electron chi connectivity index (χ4n) is 3.88. The molecule has 1 saturated carbocycles. The molecule has 8 nitrogen and oxygen atoms in total. The third kappa shape index (κ3) is 3.44. The molecule has 0 radical (unpaired) electrons. The van der Waals surface area contributed by atoms with Crippen molar-refractivity contribution >= 4 is 26.8 Å². The Balaban J connectivity index is 1.62. The summed E-state index contributed by atoms with van der Waals surface area (Å²) in [7, 11) is -2.06. The van der Waals surface area contributed by atoms with Gasteiger partial charge < -0.3 is 14.8 Å². The highest BCUT2D eigenvalue weighted by molar-refractivity contribution is 7.91. The van der Waals surface area contributed by atoms with Gasteiger partial charge in [0.25, 0.3) is 0 Å². The number of methoxy groups -OCH3 is 1. The van der Waals surface area contributed by atoms with E-state index in [0.29, 0.717) is 51.5 Å². The van der Waals surface area contributed by atoms with Crippen LogP contribution in [-0.4, -0.2) is 42.4 Å². The Bertz CT molecular complexity index is 1240. The van der Waals surface area contributed by atoms with Gasteiger partial charge >= 0.3 is 5.97 Å². The summed E-state index contributed by atoms with van der Waals surface area (Å²) >= 11 is 0. The normalized spacial score (nSPS) is 15.3. The summed E-state index contributed by atoms with van der Waals surface area (Å²) in [5, 5.41) is 12.5. The highest BCUT2D eigenvalue weighted by atomic mass is 32.2. The third-order valence-electron chi connectivity index (χ3n) is 5.53. The molecule has 30 heavy (non-hydrogen) atoms. The zero-order valence-corrected chi connectivity index (χ0v) is 17.8.